The van der Waals surface area contributed by atoms with Crippen LogP contribution < -0.4 is 5.32 Å². The largest absolute Gasteiger partial charge is 0.307 e. The van der Waals surface area contributed by atoms with Gasteiger partial charge < -0.3 is 5.32 Å². The second-order valence-corrected chi connectivity index (χ2v) is 7.05. The minimum atomic E-state index is 0.493. The van der Waals surface area contributed by atoms with E-state index in [0.717, 1.165) is 12.0 Å². The highest BCUT2D eigenvalue weighted by atomic mass is 79.9. The molecule has 3 atom stereocenters. The first-order valence-corrected chi connectivity index (χ1v) is 8.36. The highest BCUT2D eigenvalue weighted by Crippen LogP contribution is 2.30. The van der Waals surface area contributed by atoms with Crippen molar-refractivity contribution in [1.82, 2.24) is 5.32 Å². The molecule has 1 heterocycles. The van der Waals surface area contributed by atoms with Crippen molar-refractivity contribution in [2.24, 2.45) is 5.92 Å². The number of nitrogens with one attached hydrogen (secondary N) is 1. The monoisotopic (exact) mass is 315 g/mol. The molecule has 1 saturated carbocycles. The van der Waals surface area contributed by atoms with Crippen LogP contribution in [0.5, 0.6) is 0 Å². The molecule has 1 nitrogen and oxygen atoms in total. The molecule has 1 N–H and O–H groups in total. The zero-order valence-electron chi connectivity index (χ0n) is 10.7. The molecular weight excluding hydrogens is 294 g/mol. The molecule has 1 fully saturated rings. The van der Waals surface area contributed by atoms with E-state index in [0.29, 0.717) is 6.04 Å². The molecule has 0 radical (unpaired) electrons. The predicted octanol–water partition coefficient (Wildman–Crippen LogP) is 5.13. The molecule has 1 aromatic heterocycles. The van der Waals surface area contributed by atoms with Crippen LogP contribution in [0.2, 0.25) is 0 Å². The fraction of sp³-hybridized carbons (Fsp3) is 0.714. The number of thiophene rings is 1. The highest BCUT2D eigenvalue weighted by molar-refractivity contribution is 9.10. The fourth-order valence-electron chi connectivity index (χ4n) is 2.80. The van der Waals surface area contributed by atoms with Gasteiger partial charge in [-0.15, -0.1) is 11.3 Å². The molecule has 0 bridgehead atoms. The lowest BCUT2D eigenvalue weighted by Gasteiger charge is -2.31. The van der Waals surface area contributed by atoms with Gasteiger partial charge in [-0.1, -0.05) is 26.2 Å². The lowest BCUT2D eigenvalue weighted by Crippen LogP contribution is -2.35. The van der Waals surface area contributed by atoms with Crippen LogP contribution in [0.3, 0.4) is 0 Å². The van der Waals surface area contributed by atoms with Crippen LogP contribution in [0.1, 0.15) is 56.9 Å². The van der Waals surface area contributed by atoms with E-state index in [-0.39, 0.29) is 0 Å². The van der Waals surface area contributed by atoms with Gasteiger partial charge >= 0.3 is 0 Å². The van der Waals surface area contributed by atoms with Crippen molar-refractivity contribution in [1.29, 1.82) is 0 Å². The smallest absolute Gasteiger partial charge is 0.0388 e. The van der Waals surface area contributed by atoms with Crippen LogP contribution in [0.25, 0.3) is 0 Å². The van der Waals surface area contributed by atoms with Crippen LogP contribution in [0, 0.1) is 5.92 Å². The molecule has 0 spiro atoms. The summed E-state index contributed by atoms with van der Waals surface area (Å²) in [6.45, 7) is 4.61. The van der Waals surface area contributed by atoms with E-state index in [9.17, 15) is 0 Å². The number of hydrogen-bond acceptors (Lipinski definition) is 2. The Morgan fingerprint density at radius 2 is 2.35 bits per heavy atom. The highest BCUT2D eigenvalue weighted by Gasteiger charge is 2.22. The van der Waals surface area contributed by atoms with Crippen LogP contribution in [0.15, 0.2) is 15.9 Å². The molecule has 0 amide bonds. The Bertz CT molecular complexity index is 350. The summed E-state index contributed by atoms with van der Waals surface area (Å²) in [7, 11) is 0. The first-order chi connectivity index (χ1) is 8.19. The second-order valence-electron chi connectivity index (χ2n) is 5.19. The van der Waals surface area contributed by atoms with Gasteiger partial charge in [0.05, 0.1) is 0 Å². The van der Waals surface area contributed by atoms with Gasteiger partial charge in [-0.05, 0) is 47.7 Å². The molecule has 17 heavy (non-hydrogen) atoms. The first kappa shape index (κ1) is 13.6. The van der Waals surface area contributed by atoms with Gasteiger partial charge in [-0.3, -0.25) is 0 Å². The van der Waals surface area contributed by atoms with Crippen molar-refractivity contribution in [2.75, 3.05) is 0 Å². The maximum atomic E-state index is 3.80. The van der Waals surface area contributed by atoms with Crippen molar-refractivity contribution in [3.63, 3.8) is 0 Å². The quantitative estimate of drug-likeness (QED) is 0.812. The minimum Gasteiger partial charge on any atom is -0.307 e. The number of hydrogen-bond donors (Lipinski definition) is 1. The van der Waals surface area contributed by atoms with E-state index < -0.39 is 0 Å². The van der Waals surface area contributed by atoms with Crippen molar-refractivity contribution in [3.8, 4) is 0 Å². The number of rotatable bonds is 4. The van der Waals surface area contributed by atoms with Crippen LogP contribution >= 0.6 is 27.3 Å². The van der Waals surface area contributed by atoms with Gasteiger partial charge in [-0.25, -0.2) is 0 Å². The van der Waals surface area contributed by atoms with Gasteiger partial charge in [0.15, 0.2) is 0 Å². The van der Waals surface area contributed by atoms with Crippen molar-refractivity contribution < 1.29 is 0 Å². The van der Waals surface area contributed by atoms with Crippen molar-refractivity contribution >= 4 is 27.3 Å². The summed E-state index contributed by atoms with van der Waals surface area (Å²) in [5, 5.41) is 5.97. The maximum Gasteiger partial charge on any atom is 0.0388 e. The van der Waals surface area contributed by atoms with Crippen LogP contribution in [-0.4, -0.2) is 6.04 Å². The summed E-state index contributed by atoms with van der Waals surface area (Å²) < 4.78 is 1.21. The molecule has 1 aliphatic carbocycles. The fourth-order valence-corrected chi connectivity index (χ4v) is 4.27. The molecule has 2 rings (SSSR count). The lowest BCUT2D eigenvalue weighted by molar-refractivity contribution is 0.266. The summed E-state index contributed by atoms with van der Waals surface area (Å²) in [5.74, 6) is 0.948. The Morgan fingerprint density at radius 3 is 3.00 bits per heavy atom. The summed E-state index contributed by atoms with van der Waals surface area (Å²) in [6.07, 6.45) is 6.91. The van der Waals surface area contributed by atoms with E-state index in [1.54, 1.807) is 0 Å². The molecule has 3 heteroatoms. The van der Waals surface area contributed by atoms with E-state index >= 15 is 0 Å². The normalized spacial score (nSPS) is 27.0. The molecule has 1 aromatic rings. The molecule has 96 valence electrons. The van der Waals surface area contributed by atoms with Crippen LogP contribution in [-0.2, 0) is 0 Å². The summed E-state index contributed by atoms with van der Waals surface area (Å²) in [6, 6.07) is 3.46. The van der Waals surface area contributed by atoms with E-state index in [1.807, 2.05) is 11.3 Å². The molecule has 0 saturated heterocycles. The van der Waals surface area contributed by atoms with Gasteiger partial charge in [0.25, 0.3) is 0 Å². The Morgan fingerprint density at radius 1 is 1.53 bits per heavy atom. The van der Waals surface area contributed by atoms with E-state index in [1.165, 1.54) is 41.5 Å². The molecule has 1 aliphatic rings. The van der Waals surface area contributed by atoms with Gasteiger partial charge in [0, 0.05) is 26.8 Å². The number of halogens is 1. The predicted molar refractivity (Wildman–Crippen MR) is 79.6 cm³/mol. The zero-order valence-corrected chi connectivity index (χ0v) is 13.1. The standard InChI is InChI=1S/C14H22BrNS/c1-3-11-5-4-6-13(7-11)16-10(2)14-8-12(15)9-17-14/h8-11,13,16H,3-7H2,1-2H3. The zero-order chi connectivity index (χ0) is 12.3. The molecule has 3 unspecified atom stereocenters. The average Bonchev–Trinajstić information content (AvgIpc) is 2.76. The van der Waals surface area contributed by atoms with Gasteiger partial charge in [-0.2, -0.15) is 0 Å². The lowest BCUT2D eigenvalue weighted by atomic mass is 9.84. The van der Waals surface area contributed by atoms with Crippen molar-refractivity contribution in [2.45, 2.75) is 58.0 Å². The molecule has 0 aromatic carbocycles. The second kappa shape index (κ2) is 6.35. The Labute approximate surface area is 117 Å². The third-order valence-corrected chi connectivity index (χ3v) is 5.74. The Kier molecular flexibility index (Phi) is 5.07. The van der Waals surface area contributed by atoms with Crippen molar-refractivity contribution in [3.05, 3.63) is 20.8 Å². The van der Waals surface area contributed by atoms with Gasteiger partial charge in [0.2, 0.25) is 0 Å². The summed E-state index contributed by atoms with van der Waals surface area (Å²) in [5.41, 5.74) is 0. The third kappa shape index (κ3) is 3.80. The summed E-state index contributed by atoms with van der Waals surface area (Å²) in [4.78, 5) is 1.44. The average molecular weight is 316 g/mol. The SMILES string of the molecule is CCC1CCCC(NC(C)c2cc(Br)cs2)C1. The first-order valence-electron chi connectivity index (χ1n) is 6.69. The Balaban J connectivity index is 1.87. The minimum absolute atomic E-state index is 0.493. The Hall–Kier alpha value is 0.140. The van der Waals surface area contributed by atoms with E-state index in [2.05, 4.69) is 46.5 Å². The van der Waals surface area contributed by atoms with Gasteiger partial charge in [0.1, 0.15) is 0 Å². The topological polar surface area (TPSA) is 12.0 Å². The summed E-state index contributed by atoms with van der Waals surface area (Å²) >= 11 is 5.37. The maximum absolute atomic E-state index is 3.80. The van der Waals surface area contributed by atoms with E-state index in [4.69, 9.17) is 0 Å². The molecular formula is C14H22BrNS. The third-order valence-electron chi connectivity index (χ3n) is 3.86. The molecule has 0 aliphatic heterocycles. The van der Waals surface area contributed by atoms with Crippen LogP contribution in [0.4, 0.5) is 0 Å².